The van der Waals surface area contributed by atoms with Gasteiger partial charge in [0.1, 0.15) is 0 Å². The lowest BCUT2D eigenvalue weighted by molar-refractivity contribution is 0.156. The highest BCUT2D eigenvalue weighted by atomic mass is 79.9. The predicted molar refractivity (Wildman–Crippen MR) is 69.7 cm³/mol. The van der Waals surface area contributed by atoms with Gasteiger partial charge in [-0.05, 0) is 12.8 Å². The van der Waals surface area contributed by atoms with Gasteiger partial charge < -0.3 is 4.74 Å². The van der Waals surface area contributed by atoms with Crippen molar-refractivity contribution in [2.45, 2.75) is 58.3 Å². The van der Waals surface area contributed by atoms with E-state index in [1.165, 1.54) is 51.4 Å². The summed E-state index contributed by atoms with van der Waals surface area (Å²) in [4.78, 5) is 0. The maximum absolute atomic E-state index is 5.52. The number of hydrogen-bond donors (Lipinski definition) is 0. The molecule has 0 aromatic rings. The van der Waals surface area contributed by atoms with Crippen LogP contribution in [-0.4, -0.2) is 18.5 Å². The first-order valence-corrected chi connectivity index (χ1v) is 7.59. The number of unbranched alkanes of at least 4 members (excludes halogenated alkanes) is 5. The maximum Gasteiger partial charge on any atom is 0.0531 e. The third-order valence-corrected chi connectivity index (χ3v) is 4.72. The summed E-state index contributed by atoms with van der Waals surface area (Å²) in [6, 6.07) is 0. The van der Waals surface area contributed by atoms with Gasteiger partial charge in [-0.3, -0.25) is 0 Å². The van der Waals surface area contributed by atoms with E-state index in [9.17, 15) is 0 Å². The monoisotopic (exact) mass is 276 g/mol. The topological polar surface area (TPSA) is 9.23 Å². The van der Waals surface area contributed by atoms with Gasteiger partial charge in [-0.1, -0.05) is 61.4 Å². The van der Waals surface area contributed by atoms with Gasteiger partial charge in [0, 0.05) is 17.4 Å². The van der Waals surface area contributed by atoms with Crippen LogP contribution in [0.15, 0.2) is 0 Å². The van der Waals surface area contributed by atoms with E-state index in [0.717, 1.165) is 18.5 Å². The summed E-state index contributed by atoms with van der Waals surface area (Å²) in [5.41, 5.74) is 0.477. The highest BCUT2D eigenvalue weighted by Crippen LogP contribution is 2.36. The Bertz CT molecular complexity index is 153. The van der Waals surface area contributed by atoms with E-state index in [2.05, 4.69) is 22.9 Å². The molecule has 15 heavy (non-hydrogen) atoms. The average Bonchev–Trinajstić information content (AvgIpc) is 2.73. The van der Waals surface area contributed by atoms with E-state index >= 15 is 0 Å². The Morgan fingerprint density at radius 1 is 1.13 bits per heavy atom. The third-order valence-electron chi connectivity index (χ3n) is 3.53. The van der Waals surface area contributed by atoms with Gasteiger partial charge in [0.05, 0.1) is 6.61 Å². The maximum atomic E-state index is 5.52. The van der Waals surface area contributed by atoms with Crippen molar-refractivity contribution in [3.8, 4) is 0 Å². The van der Waals surface area contributed by atoms with Crippen LogP contribution in [0.4, 0.5) is 0 Å². The molecule has 0 aromatic heterocycles. The first-order chi connectivity index (χ1) is 7.33. The highest BCUT2D eigenvalue weighted by Gasteiger charge is 2.32. The molecule has 0 aliphatic carbocycles. The Kier molecular flexibility index (Phi) is 6.91. The summed E-state index contributed by atoms with van der Waals surface area (Å²) >= 11 is 3.65. The zero-order chi connectivity index (χ0) is 11.0. The molecule has 1 atom stereocenters. The highest BCUT2D eigenvalue weighted by molar-refractivity contribution is 9.09. The van der Waals surface area contributed by atoms with Gasteiger partial charge in [0.2, 0.25) is 0 Å². The van der Waals surface area contributed by atoms with Crippen molar-refractivity contribution in [3.63, 3.8) is 0 Å². The molecular weight excluding hydrogens is 252 g/mol. The molecule has 1 rings (SSSR count). The van der Waals surface area contributed by atoms with E-state index in [1.54, 1.807) is 0 Å². The largest absolute Gasteiger partial charge is 0.381 e. The van der Waals surface area contributed by atoms with Crippen LogP contribution in [0.25, 0.3) is 0 Å². The molecule has 0 amide bonds. The summed E-state index contributed by atoms with van der Waals surface area (Å²) in [6.07, 6.45) is 11.0. The Morgan fingerprint density at radius 3 is 2.47 bits per heavy atom. The summed E-state index contributed by atoms with van der Waals surface area (Å²) in [7, 11) is 0. The summed E-state index contributed by atoms with van der Waals surface area (Å²) in [5.74, 6) is 0. The molecule has 1 aliphatic rings. The molecule has 0 bridgehead atoms. The van der Waals surface area contributed by atoms with Crippen LogP contribution in [0.1, 0.15) is 58.3 Å². The van der Waals surface area contributed by atoms with Gasteiger partial charge in [-0.25, -0.2) is 0 Å². The van der Waals surface area contributed by atoms with Crippen molar-refractivity contribution in [2.75, 3.05) is 18.5 Å². The first-order valence-electron chi connectivity index (χ1n) is 6.47. The van der Waals surface area contributed by atoms with Crippen molar-refractivity contribution >= 4 is 15.9 Å². The smallest absolute Gasteiger partial charge is 0.0531 e. The minimum absolute atomic E-state index is 0.477. The zero-order valence-corrected chi connectivity index (χ0v) is 11.7. The molecule has 1 saturated heterocycles. The molecule has 1 heterocycles. The third kappa shape index (κ3) is 4.86. The second-order valence-corrected chi connectivity index (χ2v) is 5.51. The van der Waals surface area contributed by atoms with Crippen molar-refractivity contribution < 1.29 is 4.74 Å². The van der Waals surface area contributed by atoms with Gasteiger partial charge in [-0.15, -0.1) is 0 Å². The summed E-state index contributed by atoms with van der Waals surface area (Å²) in [6.45, 7) is 4.23. The number of halogens is 1. The van der Waals surface area contributed by atoms with E-state index in [-0.39, 0.29) is 0 Å². The second-order valence-electron chi connectivity index (χ2n) is 4.95. The van der Waals surface area contributed by atoms with Gasteiger partial charge in [-0.2, -0.15) is 0 Å². The molecule has 1 unspecified atom stereocenters. The zero-order valence-electron chi connectivity index (χ0n) is 10.1. The SMILES string of the molecule is CCCCCCCCC1(CBr)CCOC1. The van der Waals surface area contributed by atoms with Crippen LogP contribution >= 0.6 is 15.9 Å². The number of hydrogen-bond acceptors (Lipinski definition) is 1. The Hall–Kier alpha value is 0.440. The summed E-state index contributed by atoms with van der Waals surface area (Å²) in [5, 5.41) is 1.12. The molecular formula is C13H25BrO. The van der Waals surface area contributed by atoms with E-state index in [4.69, 9.17) is 4.74 Å². The lowest BCUT2D eigenvalue weighted by Gasteiger charge is -2.24. The second kappa shape index (κ2) is 7.67. The molecule has 1 aliphatic heterocycles. The van der Waals surface area contributed by atoms with Crippen molar-refractivity contribution in [2.24, 2.45) is 5.41 Å². The Morgan fingerprint density at radius 2 is 1.87 bits per heavy atom. The van der Waals surface area contributed by atoms with Crippen molar-refractivity contribution in [1.82, 2.24) is 0 Å². The van der Waals surface area contributed by atoms with Crippen molar-refractivity contribution in [3.05, 3.63) is 0 Å². The summed E-state index contributed by atoms with van der Waals surface area (Å²) < 4.78 is 5.52. The average molecular weight is 277 g/mol. The van der Waals surface area contributed by atoms with E-state index < -0.39 is 0 Å². The molecule has 90 valence electrons. The minimum atomic E-state index is 0.477. The van der Waals surface area contributed by atoms with E-state index in [0.29, 0.717) is 5.41 Å². The minimum Gasteiger partial charge on any atom is -0.381 e. The van der Waals surface area contributed by atoms with Crippen LogP contribution in [0, 0.1) is 5.41 Å². The normalized spacial score (nSPS) is 26.0. The van der Waals surface area contributed by atoms with Crippen LogP contribution in [0.5, 0.6) is 0 Å². The molecule has 1 fully saturated rings. The Labute approximate surface area is 103 Å². The van der Waals surface area contributed by atoms with Gasteiger partial charge >= 0.3 is 0 Å². The number of alkyl halides is 1. The Balaban J connectivity index is 2.02. The fourth-order valence-electron chi connectivity index (χ4n) is 2.30. The number of rotatable bonds is 8. The lowest BCUT2D eigenvalue weighted by Crippen LogP contribution is -2.22. The number of ether oxygens (including phenoxy) is 1. The molecule has 0 radical (unpaired) electrons. The molecule has 0 aromatic carbocycles. The predicted octanol–water partition coefficient (Wildman–Crippen LogP) is 4.54. The van der Waals surface area contributed by atoms with Crippen LogP contribution in [0.3, 0.4) is 0 Å². The van der Waals surface area contributed by atoms with Crippen LogP contribution in [-0.2, 0) is 4.74 Å². The molecule has 0 spiro atoms. The molecule has 0 N–H and O–H groups in total. The first kappa shape index (κ1) is 13.5. The van der Waals surface area contributed by atoms with Gasteiger partial charge in [0.25, 0.3) is 0 Å². The fraction of sp³-hybridized carbons (Fsp3) is 1.00. The molecule has 0 saturated carbocycles. The van der Waals surface area contributed by atoms with E-state index in [1.807, 2.05) is 0 Å². The van der Waals surface area contributed by atoms with Crippen molar-refractivity contribution in [1.29, 1.82) is 0 Å². The van der Waals surface area contributed by atoms with Gasteiger partial charge in [0.15, 0.2) is 0 Å². The van der Waals surface area contributed by atoms with Crippen LogP contribution in [0.2, 0.25) is 0 Å². The molecule has 2 heteroatoms. The van der Waals surface area contributed by atoms with Crippen LogP contribution < -0.4 is 0 Å². The quantitative estimate of drug-likeness (QED) is 0.467. The molecule has 1 nitrogen and oxygen atoms in total. The lowest BCUT2D eigenvalue weighted by atomic mass is 9.84. The fourth-order valence-corrected chi connectivity index (χ4v) is 3.02. The standard InChI is InChI=1S/C13H25BrO/c1-2-3-4-5-6-7-8-13(11-14)9-10-15-12-13/h2-12H2,1H3.